The Morgan fingerprint density at radius 3 is 2.37 bits per heavy atom. The number of ether oxygens (including phenoxy) is 1. The number of hydrogen-bond donors (Lipinski definition) is 0. The number of aromatic nitrogens is 8. The number of fused-ring (bicyclic) bond motifs is 1. The molecule has 0 fully saturated rings. The third-order valence-electron chi connectivity index (χ3n) is 4.59. The molecule has 0 aliphatic rings. The van der Waals surface area contributed by atoms with Gasteiger partial charge < -0.3 is 9.30 Å². The Kier molecular flexibility index (Phi) is 4.73. The molecule has 4 aromatic rings. The molecule has 0 unspecified atom stereocenters. The van der Waals surface area contributed by atoms with E-state index in [1.807, 2.05) is 0 Å². The second-order valence-electron chi connectivity index (χ2n) is 6.35. The summed E-state index contributed by atoms with van der Waals surface area (Å²) in [6.45, 7) is 0. The van der Waals surface area contributed by atoms with Crippen molar-refractivity contribution in [1.29, 1.82) is 0 Å². The fraction of sp³-hybridized carbons (Fsp3) is 0.235. The van der Waals surface area contributed by atoms with Gasteiger partial charge in [0.05, 0.1) is 18.4 Å². The van der Waals surface area contributed by atoms with Crippen molar-refractivity contribution < 1.29 is 9.53 Å². The average Bonchev–Trinajstić information content (AvgIpc) is 3.35. The van der Waals surface area contributed by atoms with Crippen LogP contribution in [0.1, 0.15) is 10.4 Å². The Balaban J connectivity index is 1.76. The van der Waals surface area contributed by atoms with Crippen LogP contribution in [0.4, 0.5) is 0 Å². The van der Waals surface area contributed by atoms with Crippen LogP contribution in [0.3, 0.4) is 0 Å². The van der Waals surface area contributed by atoms with Crippen LogP contribution in [0, 0.1) is 0 Å². The van der Waals surface area contributed by atoms with E-state index in [0.717, 1.165) is 16.3 Å². The van der Waals surface area contributed by atoms with Gasteiger partial charge in [0.25, 0.3) is 5.56 Å². The summed E-state index contributed by atoms with van der Waals surface area (Å²) in [4.78, 5) is 40.8. The van der Waals surface area contributed by atoms with E-state index >= 15 is 0 Å². The first-order valence-electron chi connectivity index (χ1n) is 8.61. The fourth-order valence-corrected chi connectivity index (χ4v) is 3.76. The quantitative estimate of drug-likeness (QED) is 0.408. The fourth-order valence-electron chi connectivity index (χ4n) is 2.93. The first kappa shape index (κ1) is 19.6. The summed E-state index contributed by atoms with van der Waals surface area (Å²) in [6, 6.07) is 6.57. The highest BCUT2D eigenvalue weighted by molar-refractivity contribution is 7.99. The molecule has 4 rings (SSSR count). The van der Waals surface area contributed by atoms with Crippen molar-refractivity contribution in [2.24, 2.45) is 21.1 Å². The predicted molar refractivity (Wildman–Crippen MR) is 106 cm³/mol. The summed E-state index contributed by atoms with van der Waals surface area (Å²) in [5.74, 6) is -0.445. The molecule has 0 atom stereocenters. The van der Waals surface area contributed by atoms with Crippen molar-refractivity contribution in [1.82, 2.24) is 38.9 Å². The van der Waals surface area contributed by atoms with E-state index in [9.17, 15) is 14.4 Å². The summed E-state index contributed by atoms with van der Waals surface area (Å²) >= 11 is 1.14. The number of imidazole rings is 1. The summed E-state index contributed by atoms with van der Waals surface area (Å²) in [5, 5.41) is 12.5. The summed E-state index contributed by atoms with van der Waals surface area (Å²) in [5.41, 5.74) is 0.691. The zero-order valence-corrected chi connectivity index (χ0v) is 17.2. The molecule has 30 heavy (non-hydrogen) atoms. The van der Waals surface area contributed by atoms with Gasteiger partial charge in [-0.1, -0.05) is 0 Å². The van der Waals surface area contributed by atoms with Gasteiger partial charge in [0.2, 0.25) is 5.16 Å². The first-order chi connectivity index (χ1) is 14.3. The number of rotatable bonds is 4. The molecular weight excluding hydrogens is 412 g/mol. The number of hydrogen-bond acceptors (Lipinski definition) is 9. The smallest absolute Gasteiger partial charge is 0.337 e. The van der Waals surface area contributed by atoms with Gasteiger partial charge >= 0.3 is 11.7 Å². The molecule has 0 saturated heterocycles. The molecule has 0 radical (unpaired) electrons. The molecule has 12 nitrogen and oxygen atoms in total. The molecule has 0 N–H and O–H groups in total. The lowest BCUT2D eigenvalue weighted by atomic mass is 10.2. The number of tetrazole rings is 1. The maximum absolute atomic E-state index is 12.5. The van der Waals surface area contributed by atoms with Gasteiger partial charge in [-0.05, 0) is 46.5 Å². The monoisotopic (exact) mass is 428 g/mol. The lowest BCUT2D eigenvalue weighted by Crippen LogP contribution is -2.37. The Labute approximate surface area is 172 Å². The highest BCUT2D eigenvalue weighted by atomic mass is 32.2. The molecule has 3 heterocycles. The topological polar surface area (TPSA) is 132 Å². The zero-order valence-electron chi connectivity index (χ0n) is 16.4. The molecule has 13 heteroatoms. The molecular formula is C17H16N8O4S. The van der Waals surface area contributed by atoms with E-state index < -0.39 is 17.2 Å². The Morgan fingerprint density at radius 1 is 1.00 bits per heavy atom. The lowest BCUT2D eigenvalue weighted by Gasteiger charge is -2.05. The van der Waals surface area contributed by atoms with E-state index in [4.69, 9.17) is 4.74 Å². The zero-order chi connectivity index (χ0) is 21.6. The van der Waals surface area contributed by atoms with E-state index in [2.05, 4.69) is 20.5 Å². The molecule has 0 spiro atoms. The molecule has 1 aromatic carbocycles. The number of benzene rings is 1. The van der Waals surface area contributed by atoms with Crippen LogP contribution in [0.15, 0.2) is 44.2 Å². The summed E-state index contributed by atoms with van der Waals surface area (Å²) < 4.78 is 10.1. The molecule has 154 valence electrons. The molecule has 0 amide bonds. The van der Waals surface area contributed by atoms with Crippen molar-refractivity contribution in [3.8, 4) is 5.69 Å². The molecule has 0 saturated carbocycles. The van der Waals surface area contributed by atoms with Gasteiger partial charge in [0, 0.05) is 21.1 Å². The van der Waals surface area contributed by atoms with Gasteiger partial charge in [-0.15, -0.1) is 5.10 Å². The average molecular weight is 428 g/mol. The van der Waals surface area contributed by atoms with Gasteiger partial charge in [0.15, 0.2) is 16.3 Å². The summed E-state index contributed by atoms with van der Waals surface area (Å²) in [6.07, 6.45) is 0. The highest BCUT2D eigenvalue weighted by Gasteiger charge is 2.20. The number of carbonyl (C=O) groups excluding carboxylic acids is 1. The van der Waals surface area contributed by atoms with E-state index in [-0.39, 0.29) is 5.65 Å². The van der Waals surface area contributed by atoms with Crippen LogP contribution in [0.5, 0.6) is 0 Å². The predicted octanol–water partition coefficient (Wildman–Crippen LogP) is -0.116. The minimum Gasteiger partial charge on any atom is -0.465 e. The Hall–Kier alpha value is -3.74. The van der Waals surface area contributed by atoms with E-state index in [1.165, 1.54) is 23.4 Å². The van der Waals surface area contributed by atoms with Gasteiger partial charge in [-0.2, -0.15) is 4.68 Å². The van der Waals surface area contributed by atoms with Crippen molar-refractivity contribution in [2.45, 2.75) is 10.3 Å². The van der Waals surface area contributed by atoms with E-state index in [1.54, 1.807) is 42.9 Å². The van der Waals surface area contributed by atoms with Crippen LogP contribution in [-0.4, -0.2) is 52.0 Å². The minimum absolute atomic E-state index is 0.273. The maximum Gasteiger partial charge on any atom is 0.337 e. The number of carbonyl (C=O) groups is 1. The van der Waals surface area contributed by atoms with Gasteiger partial charge in [0.1, 0.15) is 0 Å². The van der Waals surface area contributed by atoms with Crippen LogP contribution in [0.25, 0.3) is 16.9 Å². The molecule has 3 aromatic heterocycles. The second-order valence-corrected chi connectivity index (χ2v) is 7.28. The van der Waals surface area contributed by atoms with Crippen LogP contribution in [-0.2, 0) is 25.9 Å². The van der Waals surface area contributed by atoms with Crippen molar-refractivity contribution >= 4 is 28.9 Å². The van der Waals surface area contributed by atoms with Crippen molar-refractivity contribution in [3.63, 3.8) is 0 Å². The standard InChI is InChI=1S/C17H16N8O4S/c1-22-11-12(23(2)17(28)24(3)13(11)26)18-15(22)30-16-19-20-21-25(16)10-7-5-9(6-8-10)14(27)29-4/h5-8H,1-4H3. The molecule has 0 aliphatic heterocycles. The largest absolute Gasteiger partial charge is 0.465 e. The van der Waals surface area contributed by atoms with Gasteiger partial charge in [-0.25, -0.2) is 14.6 Å². The van der Waals surface area contributed by atoms with Crippen LogP contribution >= 0.6 is 11.8 Å². The summed E-state index contributed by atoms with van der Waals surface area (Å²) in [7, 11) is 5.97. The van der Waals surface area contributed by atoms with Crippen LogP contribution < -0.4 is 11.2 Å². The highest BCUT2D eigenvalue weighted by Crippen LogP contribution is 2.27. The number of methoxy groups -OCH3 is 1. The Morgan fingerprint density at radius 2 is 1.70 bits per heavy atom. The Bertz CT molecular complexity index is 1400. The third kappa shape index (κ3) is 2.99. The van der Waals surface area contributed by atoms with Crippen LogP contribution in [0.2, 0.25) is 0 Å². The molecule has 0 bridgehead atoms. The number of esters is 1. The van der Waals surface area contributed by atoms with Gasteiger partial charge in [-0.3, -0.25) is 13.9 Å². The molecule has 0 aliphatic carbocycles. The van der Waals surface area contributed by atoms with Crippen molar-refractivity contribution in [3.05, 3.63) is 50.7 Å². The maximum atomic E-state index is 12.5. The lowest BCUT2D eigenvalue weighted by molar-refractivity contribution is 0.0600. The number of aryl methyl sites for hydroxylation is 2. The van der Waals surface area contributed by atoms with Crippen molar-refractivity contribution in [2.75, 3.05) is 7.11 Å². The SMILES string of the molecule is COC(=O)c1ccc(-n2nnnc2Sc2nc3c(c(=O)n(C)c(=O)n3C)n2C)cc1. The van der Waals surface area contributed by atoms with E-state index in [0.29, 0.717) is 27.1 Å². The first-order valence-corrected chi connectivity index (χ1v) is 9.42. The normalized spacial score (nSPS) is 11.2. The minimum atomic E-state index is -0.460. The third-order valence-corrected chi connectivity index (χ3v) is 5.58. The second kappa shape index (κ2) is 7.26. The number of nitrogens with zero attached hydrogens (tertiary/aromatic N) is 8.